The highest BCUT2D eigenvalue weighted by Gasteiger charge is 2.39. The fraction of sp³-hybridized carbons (Fsp3) is 0.421. The van der Waals surface area contributed by atoms with Gasteiger partial charge < -0.3 is 24.3 Å². The molecule has 2 aromatic rings. The van der Waals surface area contributed by atoms with Gasteiger partial charge in [0.2, 0.25) is 5.91 Å². The highest BCUT2D eigenvalue weighted by molar-refractivity contribution is 7.18. The Morgan fingerprint density at radius 1 is 1.14 bits per heavy atom. The van der Waals surface area contributed by atoms with E-state index in [1.165, 1.54) is 22.0 Å². The molecule has 2 amide bonds. The van der Waals surface area contributed by atoms with E-state index in [-0.39, 0.29) is 42.2 Å². The zero-order valence-corrected chi connectivity index (χ0v) is 17.0. The van der Waals surface area contributed by atoms with Crippen LogP contribution in [0.2, 0.25) is 4.34 Å². The van der Waals surface area contributed by atoms with Crippen molar-refractivity contribution in [3.8, 4) is 0 Å². The molecule has 2 atom stereocenters. The van der Waals surface area contributed by atoms with Crippen molar-refractivity contribution in [1.29, 1.82) is 0 Å². The lowest BCUT2D eigenvalue weighted by atomic mass is 10.3. The summed E-state index contributed by atoms with van der Waals surface area (Å²) in [5, 5.41) is 2.89. The number of amides is 2. The normalized spacial score (nSPS) is 22.2. The second kappa shape index (κ2) is 8.66. The van der Waals surface area contributed by atoms with Crippen molar-refractivity contribution in [2.24, 2.45) is 0 Å². The van der Waals surface area contributed by atoms with Crippen molar-refractivity contribution in [1.82, 2.24) is 14.8 Å². The Morgan fingerprint density at radius 3 is 2.48 bits per heavy atom. The molecule has 2 aliphatic heterocycles. The lowest BCUT2D eigenvalue weighted by molar-refractivity contribution is -0.131. The average Bonchev–Trinajstić information content (AvgIpc) is 3.27. The van der Waals surface area contributed by atoms with Gasteiger partial charge in [-0.3, -0.25) is 14.4 Å². The molecule has 0 saturated carbocycles. The van der Waals surface area contributed by atoms with Gasteiger partial charge in [0.1, 0.15) is 18.8 Å². The summed E-state index contributed by atoms with van der Waals surface area (Å²) in [6.45, 7) is 1.37. The molecule has 0 spiro atoms. The third-order valence-corrected chi connectivity index (χ3v) is 6.16. The number of nitrogens with one attached hydrogen (secondary N) is 1. The minimum absolute atomic E-state index is 0.0127. The van der Waals surface area contributed by atoms with Gasteiger partial charge >= 0.3 is 0 Å². The molecule has 29 heavy (non-hydrogen) atoms. The predicted octanol–water partition coefficient (Wildman–Crippen LogP) is 0.988. The van der Waals surface area contributed by atoms with Crippen LogP contribution >= 0.6 is 22.9 Å². The molecule has 0 bridgehead atoms. The van der Waals surface area contributed by atoms with Crippen molar-refractivity contribution in [2.75, 3.05) is 26.3 Å². The Hall–Kier alpha value is -2.20. The molecule has 2 aliphatic rings. The highest BCUT2D eigenvalue weighted by atomic mass is 35.5. The first-order chi connectivity index (χ1) is 14.0. The van der Waals surface area contributed by atoms with Gasteiger partial charge in [-0.15, -0.1) is 11.3 Å². The van der Waals surface area contributed by atoms with Crippen LogP contribution in [0, 0.1) is 0 Å². The number of halogens is 1. The van der Waals surface area contributed by atoms with E-state index in [9.17, 15) is 14.4 Å². The topological polar surface area (TPSA) is 89.9 Å². The van der Waals surface area contributed by atoms with E-state index in [2.05, 4.69) is 5.32 Å². The molecule has 2 saturated heterocycles. The molecule has 10 heteroatoms. The van der Waals surface area contributed by atoms with E-state index in [0.717, 1.165) is 0 Å². The van der Waals surface area contributed by atoms with Gasteiger partial charge in [-0.25, -0.2) is 0 Å². The number of thiophene rings is 1. The molecule has 0 radical (unpaired) electrons. The summed E-state index contributed by atoms with van der Waals surface area (Å²) in [4.78, 5) is 38.8. The molecule has 1 N–H and O–H groups in total. The molecule has 0 aromatic carbocycles. The number of likely N-dealkylation sites (tertiary alicyclic amines) is 1. The van der Waals surface area contributed by atoms with E-state index >= 15 is 0 Å². The predicted molar refractivity (Wildman–Crippen MR) is 107 cm³/mol. The Balaban J connectivity index is 1.30. The summed E-state index contributed by atoms with van der Waals surface area (Å²) in [7, 11) is 0. The summed E-state index contributed by atoms with van der Waals surface area (Å²) in [5.74, 6) is -0.366. The van der Waals surface area contributed by atoms with Gasteiger partial charge in [-0.1, -0.05) is 17.7 Å². The molecule has 2 fully saturated rings. The first kappa shape index (κ1) is 20.1. The number of ether oxygens (including phenoxy) is 2. The van der Waals surface area contributed by atoms with E-state index in [1.807, 2.05) is 0 Å². The Bertz CT molecular complexity index is 945. The first-order valence-corrected chi connectivity index (χ1v) is 10.4. The van der Waals surface area contributed by atoms with Crippen LogP contribution in [0.3, 0.4) is 0 Å². The van der Waals surface area contributed by atoms with Crippen LogP contribution in [0.1, 0.15) is 9.67 Å². The van der Waals surface area contributed by atoms with Gasteiger partial charge in [-0.2, -0.15) is 0 Å². The van der Waals surface area contributed by atoms with Crippen LogP contribution in [0.5, 0.6) is 0 Å². The van der Waals surface area contributed by atoms with Gasteiger partial charge in [0, 0.05) is 25.4 Å². The van der Waals surface area contributed by atoms with E-state index in [1.54, 1.807) is 35.4 Å². The third-order valence-electron chi connectivity index (χ3n) is 4.93. The van der Waals surface area contributed by atoms with Crippen molar-refractivity contribution < 1.29 is 19.1 Å². The zero-order chi connectivity index (χ0) is 20.4. The lowest BCUT2D eigenvalue weighted by Gasteiger charge is -2.19. The van der Waals surface area contributed by atoms with Crippen LogP contribution in [0.15, 0.2) is 41.3 Å². The van der Waals surface area contributed by atoms with E-state index in [0.29, 0.717) is 35.5 Å². The Morgan fingerprint density at radius 2 is 1.86 bits per heavy atom. The van der Waals surface area contributed by atoms with Crippen molar-refractivity contribution >= 4 is 34.8 Å². The van der Waals surface area contributed by atoms with Crippen LogP contribution in [0.25, 0.3) is 0 Å². The van der Waals surface area contributed by atoms with Crippen LogP contribution < -0.4 is 10.9 Å². The van der Waals surface area contributed by atoms with Crippen molar-refractivity contribution in [3.63, 3.8) is 0 Å². The summed E-state index contributed by atoms with van der Waals surface area (Å²) in [6, 6.07) is 7.86. The van der Waals surface area contributed by atoms with Gasteiger partial charge in [0.05, 0.1) is 28.5 Å². The number of carbonyl (C=O) groups is 2. The van der Waals surface area contributed by atoms with E-state index in [4.69, 9.17) is 21.1 Å². The van der Waals surface area contributed by atoms with Crippen LogP contribution in [-0.4, -0.2) is 65.8 Å². The number of hydrogen-bond acceptors (Lipinski definition) is 6. The molecule has 4 heterocycles. The average molecular weight is 438 g/mol. The lowest BCUT2D eigenvalue weighted by Crippen LogP contribution is -2.41. The molecular weight excluding hydrogens is 418 g/mol. The monoisotopic (exact) mass is 437 g/mol. The quantitative estimate of drug-likeness (QED) is 0.770. The summed E-state index contributed by atoms with van der Waals surface area (Å²) >= 11 is 7.09. The molecule has 0 aliphatic carbocycles. The van der Waals surface area contributed by atoms with Crippen molar-refractivity contribution in [3.05, 3.63) is 56.1 Å². The summed E-state index contributed by atoms with van der Waals surface area (Å²) in [5.41, 5.74) is -0.215. The number of fused-ring (bicyclic) bond motifs is 1. The highest BCUT2D eigenvalue weighted by Crippen LogP contribution is 2.23. The second-order valence-corrected chi connectivity index (χ2v) is 8.70. The Labute approximate surface area is 176 Å². The number of carbonyl (C=O) groups excluding carboxylic acids is 2. The number of nitrogens with zero attached hydrogens (tertiary/aromatic N) is 2. The molecule has 0 unspecified atom stereocenters. The standard InChI is InChI=1S/C19H20ClN3O5S/c20-16-5-4-15(29-16)19(26)21-12-10-27-13-7-23(8-14(13)28-11-12)18(25)9-22-6-2-1-3-17(22)24/h1-6,12-14H,7-11H2,(H,21,26)/t13-,14-/m0/s1. The van der Waals surface area contributed by atoms with Crippen LogP contribution in [0.4, 0.5) is 0 Å². The second-order valence-electron chi connectivity index (χ2n) is 6.98. The van der Waals surface area contributed by atoms with Gasteiger partial charge in [0.25, 0.3) is 11.5 Å². The summed E-state index contributed by atoms with van der Waals surface area (Å²) < 4.78 is 13.8. The fourth-order valence-electron chi connectivity index (χ4n) is 3.41. The molecule has 154 valence electrons. The largest absolute Gasteiger partial charge is 0.371 e. The van der Waals surface area contributed by atoms with E-state index < -0.39 is 0 Å². The fourth-order valence-corrected chi connectivity index (χ4v) is 4.35. The number of hydrogen-bond donors (Lipinski definition) is 1. The minimum atomic E-state index is -0.277. The maximum atomic E-state index is 12.6. The SMILES string of the molecule is O=C(NC1CO[C@H]2CN(C(=O)Cn3ccccc3=O)C[C@@H]2OC1)c1ccc(Cl)s1. The Kier molecular flexibility index (Phi) is 6.00. The molecule has 2 aromatic heterocycles. The number of pyridine rings is 1. The minimum Gasteiger partial charge on any atom is -0.371 e. The molecule has 8 nitrogen and oxygen atoms in total. The number of aromatic nitrogens is 1. The van der Waals surface area contributed by atoms with Gasteiger partial charge in [-0.05, 0) is 18.2 Å². The van der Waals surface area contributed by atoms with Crippen molar-refractivity contribution in [2.45, 2.75) is 24.8 Å². The third kappa shape index (κ3) is 4.69. The summed E-state index contributed by atoms with van der Waals surface area (Å²) in [6.07, 6.45) is 1.07. The van der Waals surface area contributed by atoms with Crippen LogP contribution in [-0.2, 0) is 20.8 Å². The maximum absolute atomic E-state index is 12.6. The smallest absolute Gasteiger partial charge is 0.261 e. The maximum Gasteiger partial charge on any atom is 0.261 e. The molecule has 4 rings (SSSR count). The number of rotatable bonds is 4. The molecular formula is C19H20ClN3O5S. The van der Waals surface area contributed by atoms with Gasteiger partial charge in [0.15, 0.2) is 0 Å². The first-order valence-electron chi connectivity index (χ1n) is 9.22. The zero-order valence-electron chi connectivity index (χ0n) is 15.5.